The fourth-order valence-corrected chi connectivity index (χ4v) is 3.15. The van der Waals surface area contributed by atoms with Gasteiger partial charge in [0.15, 0.2) is 11.6 Å². The van der Waals surface area contributed by atoms with E-state index in [9.17, 15) is 8.78 Å². The molecule has 2 aromatic heterocycles. The van der Waals surface area contributed by atoms with Crippen molar-refractivity contribution >= 4 is 16.7 Å². The van der Waals surface area contributed by atoms with Gasteiger partial charge in [0.1, 0.15) is 18.2 Å². The third kappa shape index (κ3) is 3.15. The van der Waals surface area contributed by atoms with E-state index < -0.39 is 11.6 Å². The van der Waals surface area contributed by atoms with Gasteiger partial charge in [-0.25, -0.2) is 18.7 Å². The zero-order chi connectivity index (χ0) is 17.2. The zero-order valence-electron chi connectivity index (χ0n) is 13.3. The second-order valence-electron chi connectivity index (χ2n) is 5.97. The summed E-state index contributed by atoms with van der Waals surface area (Å²) in [5.41, 5.74) is 1.37. The number of pyridine rings is 1. The molecule has 0 amide bonds. The van der Waals surface area contributed by atoms with Crippen LogP contribution in [0, 0.1) is 11.6 Å². The molecule has 4 rings (SSSR count). The van der Waals surface area contributed by atoms with E-state index in [2.05, 4.69) is 20.3 Å². The summed E-state index contributed by atoms with van der Waals surface area (Å²) < 4.78 is 33.0. The number of anilines is 1. The molecule has 0 bridgehead atoms. The van der Waals surface area contributed by atoms with Gasteiger partial charge in [0, 0.05) is 30.5 Å². The summed E-state index contributed by atoms with van der Waals surface area (Å²) >= 11 is 0. The van der Waals surface area contributed by atoms with Gasteiger partial charge in [-0.3, -0.25) is 4.98 Å². The molecule has 3 heterocycles. The molecule has 25 heavy (non-hydrogen) atoms. The van der Waals surface area contributed by atoms with Gasteiger partial charge in [0.25, 0.3) is 0 Å². The lowest BCUT2D eigenvalue weighted by atomic mass is 9.96. The van der Waals surface area contributed by atoms with Gasteiger partial charge in [-0.2, -0.15) is 0 Å². The molecule has 1 N–H and O–H groups in total. The number of halogens is 2. The second-order valence-corrected chi connectivity index (χ2v) is 5.97. The SMILES string of the molecule is Fc1cc2ncnc(N[C@H]3CCCO[C@@H]3c3ccncc3)c2cc1F. The van der Waals surface area contributed by atoms with E-state index in [-0.39, 0.29) is 12.1 Å². The Bertz CT molecular complexity index is 891. The molecule has 1 saturated heterocycles. The maximum atomic E-state index is 13.7. The maximum absolute atomic E-state index is 13.7. The van der Waals surface area contributed by atoms with Crippen molar-refractivity contribution in [2.45, 2.75) is 25.0 Å². The van der Waals surface area contributed by atoms with E-state index in [0.717, 1.165) is 30.5 Å². The number of fused-ring (bicyclic) bond motifs is 1. The van der Waals surface area contributed by atoms with Gasteiger partial charge in [0.2, 0.25) is 0 Å². The van der Waals surface area contributed by atoms with Crippen molar-refractivity contribution in [2.75, 3.05) is 11.9 Å². The van der Waals surface area contributed by atoms with Crippen molar-refractivity contribution < 1.29 is 13.5 Å². The summed E-state index contributed by atoms with van der Waals surface area (Å²) in [6, 6.07) is 5.99. The minimum atomic E-state index is -0.923. The van der Waals surface area contributed by atoms with Crippen LogP contribution >= 0.6 is 0 Å². The van der Waals surface area contributed by atoms with Crippen molar-refractivity contribution in [3.8, 4) is 0 Å². The van der Waals surface area contributed by atoms with Crippen molar-refractivity contribution in [3.63, 3.8) is 0 Å². The van der Waals surface area contributed by atoms with Crippen LogP contribution in [0.5, 0.6) is 0 Å². The van der Waals surface area contributed by atoms with Crippen molar-refractivity contribution in [3.05, 3.63) is 60.2 Å². The van der Waals surface area contributed by atoms with Crippen molar-refractivity contribution in [1.29, 1.82) is 0 Å². The fourth-order valence-electron chi connectivity index (χ4n) is 3.15. The molecule has 0 saturated carbocycles. The molecule has 2 atom stereocenters. The van der Waals surface area contributed by atoms with Gasteiger partial charge in [-0.15, -0.1) is 0 Å². The molecule has 5 nitrogen and oxygen atoms in total. The van der Waals surface area contributed by atoms with Crippen LogP contribution < -0.4 is 5.32 Å². The molecule has 0 spiro atoms. The average Bonchev–Trinajstić information content (AvgIpc) is 2.64. The summed E-state index contributed by atoms with van der Waals surface area (Å²) in [7, 11) is 0. The Morgan fingerprint density at radius 1 is 1.08 bits per heavy atom. The molecule has 128 valence electrons. The Labute approximate surface area is 143 Å². The smallest absolute Gasteiger partial charge is 0.161 e. The quantitative estimate of drug-likeness (QED) is 0.787. The van der Waals surface area contributed by atoms with Gasteiger partial charge in [-0.05, 0) is 36.6 Å². The monoisotopic (exact) mass is 342 g/mol. The van der Waals surface area contributed by atoms with Crippen LogP contribution in [-0.2, 0) is 4.74 Å². The van der Waals surface area contributed by atoms with Gasteiger partial charge < -0.3 is 10.1 Å². The Balaban J connectivity index is 1.68. The summed E-state index contributed by atoms with van der Waals surface area (Å²) in [6.07, 6.45) is 6.42. The first-order valence-electron chi connectivity index (χ1n) is 8.10. The first kappa shape index (κ1) is 15.8. The molecule has 0 radical (unpaired) electrons. The Morgan fingerprint density at radius 2 is 1.88 bits per heavy atom. The van der Waals surface area contributed by atoms with Gasteiger partial charge in [0.05, 0.1) is 11.6 Å². The minimum Gasteiger partial charge on any atom is -0.371 e. The predicted octanol–water partition coefficient (Wildman–Crippen LogP) is 3.64. The average molecular weight is 342 g/mol. The number of hydrogen-bond donors (Lipinski definition) is 1. The Hall–Kier alpha value is -2.67. The lowest BCUT2D eigenvalue weighted by Crippen LogP contribution is -2.34. The highest BCUT2D eigenvalue weighted by molar-refractivity contribution is 5.89. The Morgan fingerprint density at radius 3 is 2.72 bits per heavy atom. The van der Waals surface area contributed by atoms with Crippen LogP contribution in [0.3, 0.4) is 0 Å². The number of rotatable bonds is 3. The van der Waals surface area contributed by atoms with E-state index >= 15 is 0 Å². The number of ether oxygens (including phenoxy) is 1. The predicted molar refractivity (Wildman–Crippen MR) is 89.0 cm³/mol. The number of benzene rings is 1. The highest BCUT2D eigenvalue weighted by Crippen LogP contribution is 2.32. The molecular formula is C18H16F2N4O. The normalized spacial score (nSPS) is 20.6. The van der Waals surface area contributed by atoms with Gasteiger partial charge in [-0.1, -0.05) is 0 Å². The molecular weight excluding hydrogens is 326 g/mol. The largest absolute Gasteiger partial charge is 0.371 e. The number of aromatic nitrogens is 3. The van der Waals surface area contributed by atoms with E-state index in [1.54, 1.807) is 12.4 Å². The van der Waals surface area contributed by atoms with Gasteiger partial charge >= 0.3 is 0 Å². The zero-order valence-corrected chi connectivity index (χ0v) is 13.3. The van der Waals surface area contributed by atoms with Crippen LogP contribution in [0.4, 0.5) is 14.6 Å². The van der Waals surface area contributed by atoms with Crippen LogP contribution in [-0.4, -0.2) is 27.6 Å². The summed E-state index contributed by atoms with van der Waals surface area (Å²) in [5, 5.41) is 3.78. The van der Waals surface area contributed by atoms with Crippen molar-refractivity contribution in [1.82, 2.24) is 15.0 Å². The fraction of sp³-hybridized carbons (Fsp3) is 0.278. The Kier molecular flexibility index (Phi) is 4.23. The molecule has 1 aromatic carbocycles. The lowest BCUT2D eigenvalue weighted by molar-refractivity contribution is 0.00554. The number of nitrogens with one attached hydrogen (secondary N) is 1. The lowest BCUT2D eigenvalue weighted by Gasteiger charge is -2.33. The van der Waals surface area contributed by atoms with E-state index in [1.165, 1.54) is 6.33 Å². The topological polar surface area (TPSA) is 59.9 Å². The molecule has 3 aromatic rings. The van der Waals surface area contributed by atoms with Crippen LogP contribution in [0.1, 0.15) is 24.5 Å². The van der Waals surface area contributed by atoms with E-state index in [4.69, 9.17) is 4.74 Å². The molecule has 0 unspecified atom stereocenters. The second kappa shape index (κ2) is 6.68. The molecule has 1 fully saturated rings. The number of hydrogen-bond acceptors (Lipinski definition) is 5. The standard InChI is InChI=1S/C18H16F2N4O/c19-13-8-12-16(9-14(13)20)22-10-23-18(12)24-15-2-1-7-25-17(15)11-3-5-21-6-4-11/h3-6,8-10,15,17H,1-2,7H2,(H,22,23,24)/t15-,17+/m0/s1. The number of nitrogens with zero attached hydrogens (tertiary/aromatic N) is 3. The van der Waals surface area contributed by atoms with Crippen LogP contribution in [0.15, 0.2) is 43.0 Å². The molecule has 1 aliphatic rings. The van der Waals surface area contributed by atoms with Crippen LogP contribution in [0.2, 0.25) is 0 Å². The first-order valence-corrected chi connectivity index (χ1v) is 8.10. The molecule has 7 heteroatoms. The summed E-state index contributed by atoms with van der Waals surface area (Å²) in [6.45, 7) is 0.676. The summed E-state index contributed by atoms with van der Waals surface area (Å²) in [4.78, 5) is 12.3. The van der Waals surface area contributed by atoms with E-state index in [0.29, 0.717) is 23.3 Å². The highest BCUT2D eigenvalue weighted by Gasteiger charge is 2.28. The summed E-state index contributed by atoms with van der Waals surface area (Å²) in [5.74, 6) is -1.37. The van der Waals surface area contributed by atoms with E-state index in [1.807, 2.05) is 12.1 Å². The minimum absolute atomic E-state index is 0.0395. The maximum Gasteiger partial charge on any atom is 0.161 e. The third-order valence-electron chi connectivity index (χ3n) is 4.36. The molecule has 0 aliphatic carbocycles. The third-order valence-corrected chi connectivity index (χ3v) is 4.36. The van der Waals surface area contributed by atoms with Crippen LogP contribution in [0.25, 0.3) is 10.9 Å². The van der Waals surface area contributed by atoms with Crippen molar-refractivity contribution in [2.24, 2.45) is 0 Å². The first-order chi connectivity index (χ1) is 12.2. The highest BCUT2D eigenvalue weighted by atomic mass is 19.2. The molecule has 1 aliphatic heterocycles.